The van der Waals surface area contributed by atoms with Gasteiger partial charge < -0.3 is 5.32 Å². The molecule has 0 aromatic carbocycles. The lowest BCUT2D eigenvalue weighted by Crippen LogP contribution is -2.35. The molecule has 0 heterocycles. The van der Waals surface area contributed by atoms with Crippen LogP contribution in [0.2, 0.25) is 0 Å². The van der Waals surface area contributed by atoms with Gasteiger partial charge in [-0.3, -0.25) is 0 Å². The van der Waals surface area contributed by atoms with Crippen molar-refractivity contribution in [2.75, 3.05) is 7.05 Å². The van der Waals surface area contributed by atoms with Crippen molar-refractivity contribution in [3.63, 3.8) is 0 Å². The van der Waals surface area contributed by atoms with Gasteiger partial charge in [0.2, 0.25) is 0 Å². The van der Waals surface area contributed by atoms with E-state index in [0.29, 0.717) is 6.04 Å². The largest absolute Gasteiger partial charge is 0.307 e. The zero-order valence-corrected chi connectivity index (χ0v) is 5.85. The van der Waals surface area contributed by atoms with Crippen LogP contribution in [0.25, 0.3) is 0 Å². The summed E-state index contributed by atoms with van der Waals surface area (Å²) in [7, 11) is 1.93. The van der Waals surface area contributed by atoms with E-state index < -0.39 is 0 Å². The summed E-state index contributed by atoms with van der Waals surface area (Å²) in [5, 5.41) is 3.12. The molecule has 1 heteroatoms. The third-order valence-corrected chi connectivity index (χ3v) is 2.11. The Morgan fingerprint density at radius 2 is 2.33 bits per heavy atom. The summed E-state index contributed by atoms with van der Waals surface area (Å²) < 4.78 is 0. The quantitative estimate of drug-likeness (QED) is 0.540. The first kappa shape index (κ1) is 6.64. The molecule has 1 aliphatic carbocycles. The summed E-state index contributed by atoms with van der Waals surface area (Å²) in [6.45, 7) is 0. The first-order valence-electron chi connectivity index (χ1n) is 3.52. The Kier molecular flexibility index (Phi) is 2.13. The molecule has 0 aliphatic heterocycles. The van der Waals surface area contributed by atoms with Gasteiger partial charge in [0.15, 0.2) is 0 Å². The first-order chi connectivity index (χ1) is 4.38. The Morgan fingerprint density at radius 1 is 1.67 bits per heavy atom. The van der Waals surface area contributed by atoms with Crippen molar-refractivity contribution in [3.8, 4) is 12.3 Å². The second kappa shape index (κ2) is 2.89. The minimum Gasteiger partial charge on any atom is -0.307 e. The zero-order chi connectivity index (χ0) is 6.69. The smallest absolute Gasteiger partial charge is 0.0713 e. The maximum Gasteiger partial charge on any atom is 0.0713 e. The average molecular weight is 123 g/mol. The highest BCUT2D eigenvalue weighted by atomic mass is 14.9. The van der Waals surface area contributed by atoms with Crippen LogP contribution in [0.3, 0.4) is 0 Å². The Bertz CT molecular complexity index is 119. The highest BCUT2D eigenvalue weighted by Crippen LogP contribution is 2.28. The van der Waals surface area contributed by atoms with Crippen molar-refractivity contribution < 1.29 is 0 Å². The molecule has 9 heavy (non-hydrogen) atoms. The lowest BCUT2D eigenvalue weighted by Gasteiger charge is -2.30. The number of rotatable bonds is 2. The van der Waals surface area contributed by atoms with Crippen molar-refractivity contribution in [2.45, 2.75) is 25.3 Å². The molecule has 1 atom stereocenters. The summed E-state index contributed by atoms with van der Waals surface area (Å²) >= 11 is 0. The van der Waals surface area contributed by atoms with E-state index in [1.807, 2.05) is 7.05 Å². The van der Waals surface area contributed by atoms with Crippen molar-refractivity contribution in [1.29, 1.82) is 0 Å². The van der Waals surface area contributed by atoms with Crippen LogP contribution in [-0.2, 0) is 0 Å². The van der Waals surface area contributed by atoms with E-state index in [0.717, 1.165) is 5.92 Å². The summed E-state index contributed by atoms with van der Waals surface area (Å²) in [5.74, 6) is 3.51. The van der Waals surface area contributed by atoms with E-state index in [9.17, 15) is 0 Å². The van der Waals surface area contributed by atoms with Crippen LogP contribution >= 0.6 is 0 Å². The van der Waals surface area contributed by atoms with E-state index in [4.69, 9.17) is 6.42 Å². The fraction of sp³-hybridized carbons (Fsp3) is 0.750. The predicted octanol–water partition coefficient (Wildman–Crippen LogP) is 1.01. The first-order valence-corrected chi connectivity index (χ1v) is 3.52. The SMILES string of the molecule is C#CC(NC)C1CCC1. The second-order valence-corrected chi connectivity index (χ2v) is 2.62. The van der Waals surface area contributed by atoms with Gasteiger partial charge in [-0.15, -0.1) is 6.42 Å². The molecule has 1 fully saturated rings. The fourth-order valence-electron chi connectivity index (χ4n) is 1.23. The van der Waals surface area contributed by atoms with Gasteiger partial charge in [-0.25, -0.2) is 0 Å². The number of hydrogen-bond acceptors (Lipinski definition) is 1. The molecule has 1 rings (SSSR count). The lowest BCUT2D eigenvalue weighted by molar-refractivity contribution is 0.273. The Balaban J connectivity index is 2.30. The molecular weight excluding hydrogens is 110 g/mol. The highest BCUT2D eigenvalue weighted by Gasteiger charge is 2.23. The van der Waals surface area contributed by atoms with Crippen molar-refractivity contribution in [3.05, 3.63) is 0 Å². The molecule has 1 saturated carbocycles. The van der Waals surface area contributed by atoms with Gasteiger partial charge in [0.25, 0.3) is 0 Å². The molecular formula is C8H13N. The molecule has 50 valence electrons. The molecule has 1 nitrogen and oxygen atoms in total. The minimum absolute atomic E-state index is 0.332. The van der Waals surface area contributed by atoms with Gasteiger partial charge in [0.1, 0.15) is 0 Å². The highest BCUT2D eigenvalue weighted by molar-refractivity contribution is 5.03. The predicted molar refractivity (Wildman–Crippen MR) is 39.0 cm³/mol. The van der Waals surface area contributed by atoms with Crippen molar-refractivity contribution in [2.24, 2.45) is 5.92 Å². The van der Waals surface area contributed by atoms with E-state index in [1.54, 1.807) is 0 Å². The summed E-state index contributed by atoms with van der Waals surface area (Å²) in [4.78, 5) is 0. The summed E-state index contributed by atoms with van der Waals surface area (Å²) in [6, 6.07) is 0.332. The number of nitrogens with one attached hydrogen (secondary N) is 1. The molecule has 0 radical (unpaired) electrons. The van der Waals surface area contributed by atoms with Gasteiger partial charge in [-0.05, 0) is 25.8 Å². The van der Waals surface area contributed by atoms with E-state index in [1.165, 1.54) is 19.3 Å². The Hall–Kier alpha value is -0.480. The minimum atomic E-state index is 0.332. The van der Waals surface area contributed by atoms with Gasteiger partial charge in [0.05, 0.1) is 6.04 Å². The van der Waals surface area contributed by atoms with Crippen LogP contribution in [-0.4, -0.2) is 13.1 Å². The van der Waals surface area contributed by atoms with Crippen LogP contribution in [0.5, 0.6) is 0 Å². The monoisotopic (exact) mass is 123 g/mol. The molecule has 1 unspecified atom stereocenters. The normalized spacial score (nSPS) is 22.2. The fourth-order valence-corrected chi connectivity index (χ4v) is 1.23. The topological polar surface area (TPSA) is 12.0 Å². The van der Waals surface area contributed by atoms with Gasteiger partial charge >= 0.3 is 0 Å². The summed E-state index contributed by atoms with van der Waals surface area (Å²) in [5.41, 5.74) is 0. The van der Waals surface area contributed by atoms with E-state index >= 15 is 0 Å². The molecule has 0 aromatic rings. The van der Waals surface area contributed by atoms with Crippen LogP contribution in [0.1, 0.15) is 19.3 Å². The zero-order valence-electron chi connectivity index (χ0n) is 5.85. The van der Waals surface area contributed by atoms with Crippen molar-refractivity contribution >= 4 is 0 Å². The molecule has 1 aliphatic rings. The molecule has 0 aromatic heterocycles. The van der Waals surface area contributed by atoms with E-state index in [-0.39, 0.29) is 0 Å². The van der Waals surface area contributed by atoms with Crippen LogP contribution in [0.4, 0.5) is 0 Å². The molecule has 1 N–H and O–H groups in total. The maximum atomic E-state index is 5.28. The third-order valence-electron chi connectivity index (χ3n) is 2.11. The van der Waals surface area contributed by atoms with Gasteiger partial charge in [-0.2, -0.15) is 0 Å². The standard InChI is InChI=1S/C8H13N/c1-3-8(9-2)7-5-4-6-7/h1,7-9H,4-6H2,2H3. The molecule has 0 amide bonds. The van der Waals surface area contributed by atoms with Gasteiger partial charge in [-0.1, -0.05) is 12.3 Å². The maximum absolute atomic E-state index is 5.28. The van der Waals surface area contributed by atoms with Gasteiger partial charge in [0, 0.05) is 0 Å². The Morgan fingerprint density at radius 3 is 2.44 bits per heavy atom. The number of hydrogen-bond donors (Lipinski definition) is 1. The third kappa shape index (κ3) is 1.25. The molecule has 0 bridgehead atoms. The van der Waals surface area contributed by atoms with Crippen molar-refractivity contribution in [1.82, 2.24) is 5.32 Å². The number of terminal acetylenes is 1. The summed E-state index contributed by atoms with van der Waals surface area (Å²) in [6.07, 6.45) is 9.28. The average Bonchev–Trinajstić information content (AvgIpc) is 1.78. The lowest BCUT2D eigenvalue weighted by atomic mass is 9.80. The van der Waals surface area contributed by atoms with Crippen LogP contribution < -0.4 is 5.32 Å². The van der Waals surface area contributed by atoms with Crippen LogP contribution in [0, 0.1) is 18.3 Å². The Labute approximate surface area is 56.8 Å². The molecule has 0 spiro atoms. The second-order valence-electron chi connectivity index (χ2n) is 2.62. The van der Waals surface area contributed by atoms with Crippen LogP contribution in [0.15, 0.2) is 0 Å². The van der Waals surface area contributed by atoms with E-state index in [2.05, 4.69) is 11.2 Å². The molecule has 0 saturated heterocycles.